The standard InChI is InChI=1S/2C7H3F4O.C7H4F3O.Al/c2*1-12-7-5(10)3(8)2-4(9)6(7)11;1-11-7-3-5(9)4(8)2-6(7)10;/h2*1H3;3H,1H3;. The fourth-order valence-electron chi connectivity index (χ4n) is 3.56. The molecule has 36 heavy (non-hydrogen) atoms. The van der Waals surface area contributed by atoms with Crippen molar-refractivity contribution in [1.29, 1.82) is 0 Å². The first-order valence-corrected chi connectivity index (χ1v) is 11.1. The van der Waals surface area contributed by atoms with Crippen LogP contribution >= 0.6 is 0 Å². The Hall–Kier alpha value is -3.18. The zero-order chi connectivity index (χ0) is 27.2. The highest BCUT2D eigenvalue weighted by molar-refractivity contribution is 6.95. The third kappa shape index (κ3) is 4.00. The van der Waals surface area contributed by atoms with E-state index in [1.54, 1.807) is 0 Å². The maximum absolute atomic E-state index is 15.1. The predicted octanol–water partition coefficient (Wildman–Crippen LogP) is 3.76. The molecule has 0 amide bonds. The SMILES string of the molecule is COc1cc(F)c(F)[c]([Al]([c]2c(F)c(F)c(OC)c(F)c2F)[c]2c(F)c(F)c(OC)c(F)c2F)c1F. The lowest BCUT2D eigenvalue weighted by atomic mass is 10.2. The van der Waals surface area contributed by atoms with Crippen LogP contribution in [0.15, 0.2) is 6.07 Å². The van der Waals surface area contributed by atoms with Gasteiger partial charge in [0, 0.05) is 6.07 Å². The van der Waals surface area contributed by atoms with Crippen molar-refractivity contribution in [3.63, 3.8) is 0 Å². The Balaban J connectivity index is 2.66. The molecule has 3 aromatic rings. The highest BCUT2D eigenvalue weighted by atomic mass is 27.2. The molecule has 0 radical (unpaired) electrons. The average Bonchev–Trinajstić information content (AvgIpc) is 2.84. The van der Waals surface area contributed by atoms with Gasteiger partial charge in [-0.25, -0.2) is 30.7 Å². The van der Waals surface area contributed by atoms with Crippen LogP contribution in [0.1, 0.15) is 0 Å². The summed E-state index contributed by atoms with van der Waals surface area (Å²) in [5.74, 6) is -30.0. The van der Waals surface area contributed by atoms with Gasteiger partial charge in [0.25, 0.3) is 0 Å². The molecule has 3 nitrogen and oxygen atoms in total. The van der Waals surface area contributed by atoms with Gasteiger partial charge < -0.3 is 14.2 Å². The van der Waals surface area contributed by atoms with E-state index >= 15 is 22.0 Å². The molecule has 0 aliphatic carbocycles. The van der Waals surface area contributed by atoms with Gasteiger partial charge in [-0.2, -0.15) is 17.6 Å². The summed E-state index contributed by atoms with van der Waals surface area (Å²) in [7, 11) is 1.89. The molecule has 0 aliphatic rings. The number of halogens is 11. The molecule has 192 valence electrons. The third-order valence-electron chi connectivity index (χ3n) is 5.17. The minimum absolute atomic E-state index is 0.101. The number of rotatable bonds is 6. The monoisotopic (exact) mass is 546 g/mol. The Kier molecular flexibility index (Phi) is 7.66. The number of hydrogen-bond acceptors (Lipinski definition) is 3. The van der Waals surface area contributed by atoms with Gasteiger partial charge in [-0.1, -0.05) is 0 Å². The van der Waals surface area contributed by atoms with Gasteiger partial charge in [-0.05, 0) is 13.3 Å². The second-order valence-electron chi connectivity index (χ2n) is 6.94. The van der Waals surface area contributed by atoms with E-state index in [9.17, 15) is 26.3 Å². The van der Waals surface area contributed by atoms with E-state index in [1.807, 2.05) is 0 Å². The Morgan fingerprint density at radius 3 is 1.08 bits per heavy atom. The van der Waals surface area contributed by atoms with E-state index in [-0.39, 0.29) is 6.07 Å². The molecule has 0 aromatic heterocycles. The Labute approximate surface area is 199 Å². The molecule has 0 bridgehead atoms. The minimum atomic E-state index is -5.43. The molecular weight excluding hydrogens is 536 g/mol. The minimum Gasteiger partial charge on any atom is -0.494 e. The molecule has 0 unspecified atom stereocenters. The van der Waals surface area contributed by atoms with Crippen LogP contribution in [0, 0.1) is 64.0 Å². The second-order valence-corrected chi connectivity index (χ2v) is 9.54. The summed E-state index contributed by atoms with van der Waals surface area (Å²) >= 11 is -5.43. The lowest BCUT2D eigenvalue weighted by Gasteiger charge is -2.21. The summed E-state index contributed by atoms with van der Waals surface area (Å²) in [5.41, 5.74) is 0. The first-order valence-electron chi connectivity index (χ1n) is 9.36. The summed E-state index contributed by atoms with van der Waals surface area (Å²) in [6.45, 7) is 0. The molecule has 3 aromatic carbocycles. The predicted molar refractivity (Wildman–Crippen MR) is 103 cm³/mol. The first-order chi connectivity index (χ1) is 16.8. The van der Waals surface area contributed by atoms with Crippen molar-refractivity contribution in [2.75, 3.05) is 21.3 Å². The van der Waals surface area contributed by atoms with Crippen molar-refractivity contribution in [1.82, 2.24) is 0 Å². The second kappa shape index (κ2) is 10.1. The van der Waals surface area contributed by atoms with Gasteiger partial charge in [0.05, 0.1) is 21.3 Å². The van der Waals surface area contributed by atoms with E-state index in [0.717, 1.165) is 7.11 Å². The van der Waals surface area contributed by atoms with Gasteiger partial charge in [-0.15, -0.1) is 0 Å². The van der Waals surface area contributed by atoms with Gasteiger partial charge in [-0.3, -0.25) is 0 Å². The zero-order valence-electron chi connectivity index (χ0n) is 18.0. The molecule has 0 spiro atoms. The summed E-state index contributed by atoms with van der Waals surface area (Å²) in [5, 5.41) is 0. The molecule has 0 fully saturated rings. The van der Waals surface area contributed by atoms with Gasteiger partial charge in [0.2, 0.25) is 23.3 Å². The zero-order valence-corrected chi connectivity index (χ0v) is 19.2. The Morgan fingerprint density at radius 1 is 0.444 bits per heavy atom. The summed E-state index contributed by atoms with van der Waals surface area (Å²) in [6.07, 6.45) is 0. The molecule has 0 aliphatic heterocycles. The molecule has 3 rings (SSSR count). The lowest BCUT2D eigenvalue weighted by Crippen LogP contribution is -2.60. The van der Waals surface area contributed by atoms with E-state index < -0.39 is 109 Å². The Morgan fingerprint density at radius 2 is 0.778 bits per heavy atom. The van der Waals surface area contributed by atoms with Crippen molar-refractivity contribution in [2.24, 2.45) is 0 Å². The molecule has 0 heterocycles. The van der Waals surface area contributed by atoms with Crippen LogP contribution in [0.25, 0.3) is 0 Å². The van der Waals surface area contributed by atoms with E-state index in [0.29, 0.717) is 14.2 Å². The summed E-state index contributed by atoms with van der Waals surface area (Å²) in [6, 6.07) is 0.101. The number of benzene rings is 3. The average molecular weight is 546 g/mol. The normalized spacial score (nSPS) is 11.1. The lowest BCUT2D eigenvalue weighted by molar-refractivity contribution is 0.334. The van der Waals surface area contributed by atoms with E-state index in [1.165, 1.54) is 0 Å². The molecular formula is C21H10AlF11O3. The van der Waals surface area contributed by atoms with Crippen molar-refractivity contribution in [2.45, 2.75) is 0 Å². The van der Waals surface area contributed by atoms with Crippen LogP contribution in [0.4, 0.5) is 48.3 Å². The molecule has 0 saturated heterocycles. The van der Waals surface area contributed by atoms with Crippen LogP contribution in [0.3, 0.4) is 0 Å². The maximum atomic E-state index is 15.1. The van der Waals surface area contributed by atoms with Crippen molar-refractivity contribution < 1.29 is 62.5 Å². The van der Waals surface area contributed by atoms with Crippen LogP contribution < -0.4 is 27.5 Å². The van der Waals surface area contributed by atoms with Crippen molar-refractivity contribution in [3.8, 4) is 17.2 Å². The highest BCUT2D eigenvalue weighted by Crippen LogP contribution is 2.29. The molecule has 0 N–H and O–H groups in total. The van der Waals surface area contributed by atoms with E-state index in [2.05, 4.69) is 14.2 Å². The fraction of sp³-hybridized carbons (Fsp3) is 0.143. The smallest absolute Gasteiger partial charge is 0.413 e. The maximum Gasteiger partial charge on any atom is 0.413 e. The molecule has 0 atom stereocenters. The summed E-state index contributed by atoms with van der Waals surface area (Å²) in [4.78, 5) is 0. The topological polar surface area (TPSA) is 27.7 Å². The quantitative estimate of drug-likeness (QED) is 0.268. The van der Waals surface area contributed by atoms with Gasteiger partial charge >= 0.3 is 14.1 Å². The molecule has 0 saturated carbocycles. The number of hydrogen-bond donors (Lipinski definition) is 0. The van der Waals surface area contributed by atoms with Crippen molar-refractivity contribution in [3.05, 3.63) is 70.1 Å². The summed E-state index contributed by atoms with van der Waals surface area (Å²) < 4.78 is 169. The first kappa shape index (κ1) is 27.4. The number of ether oxygens (including phenoxy) is 3. The Bertz CT molecular complexity index is 1250. The van der Waals surface area contributed by atoms with Crippen LogP contribution in [-0.4, -0.2) is 35.5 Å². The van der Waals surface area contributed by atoms with Crippen molar-refractivity contribution >= 4 is 27.4 Å². The highest BCUT2D eigenvalue weighted by Gasteiger charge is 2.46. The molecule has 15 heteroatoms. The third-order valence-corrected chi connectivity index (χ3v) is 8.42. The van der Waals surface area contributed by atoms with Gasteiger partial charge in [0.15, 0.2) is 52.2 Å². The number of methoxy groups -OCH3 is 3. The van der Waals surface area contributed by atoms with Crippen LogP contribution in [0.5, 0.6) is 17.2 Å². The van der Waals surface area contributed by atoms with Crippen LogP contribution in [0.2, 0.25) is 0 Å². The van der Waals surface area contributed by atoms with E-state index in [4.69, 9.17) is 0 Å². The largest absolute Gasteiger partial charge is 0.494 e. The fourth-order valence-corrected chi connectivity index (χ4v) is 6.73. The van der Waals surface area contributed by atoms with Gasteiger partial charge in [0.1, 0.15) is 5.82 Å². The van der Waals surface area contributed by atoms with Crippen LogP contribution in [-0.2, 0) is 0 Å².